The first kappa shape index (κ1) is 11.3. The third kappa shape index (κ3) is 2.28. The molecule has 0 bridgehead atoms. The molecule has 0 radical (unpaired) electrons. The fourth-order valence-corrected chi connectivity index (χ4v) is 1.87. The standard InChI is InChI=1S/C15H12N4/c16-15-14(12-4-2-1-3-5-12)19-13(10-18-15)11-6-8-17-9-7-11/h1-10H,(H2,16,18). The van der Waals surface area contributed by atoms with E-state index in [0.29, 0.717) is 11.5 Å². The van der Waals surface area contributed by atoms with Gasteiger partial charge in [-0.05, 0) is 12.1 Å². The highest BCUT2D eigenvalue weighted by atomic mass is 14.9. The molecule has 0 fully saturated rings. The molecule has 4 heteroatoms. The number of aromatic nitrogens is 3. The van der Waals surface area contributed by atoms with Gasteiger partial charge in [-0.1, -0.05) is 30.3 Å². The molecule has 0 unspecified atom stereocenters. The first-order valence-electron chi connectivity index (χ1n) is 5.93. The first-order valence-corrected chi connectivity index (χ1v) is 5.93. The smallest absolute Gasteiger partial charge is 0.150 e. The predicted octanol–water partition coefficient (Wildman–Crippen LogP) is 2.79. The highest BCUT2D eigenvalue weighted by Crippen LogP contribution is 2.25. The number of hydrogen-bond donors (Lipinski definition) is 1. The van der Waals surface area contributed by atoms with Gasteiger partial charge in [0.25, 0.3) is 0 Å². The lowest BCUT2D eigenvalue weighted by Crippen LogP contribution is -1.98. The highest BCUT2D eigenvalue weighted by Gasteiger charge is 2.08. The minimum atomic E-state index is 0.434. The molecule has 0 aliphatic rings. The Hall–Kier alpha value is -2.75. The van der Waals surface area contributed by atoms with Crippen LogP contribution in [0.1, 0.15) is 0 Å². The second-order valence-corrected chi connectivity index (χ2v) is 4.09. The van der Waals surface area contributed by atoms with Gasteiger partial charge in [-0.2, -0.15) is 0 Å². The van der Waals surface area contributed by atoms with Crippen molar-refractivity contribution in [3.8, 4) is 22.5 Å². The molecule has 2 N–H and O–H groups in total. The molecule has 0 amide bonds. The third-order valence-corrected chi connectivity index (χ3v) is 2.82. The molecule has 3 rings (SSSR count). The molecule has 92 valence electrons. The lowest BCUT2D eigenvalue weighted by atomic mass is 10.1. The topological polar surface area (TPSA) is 64.7 Å². The first-order chi connectivity index (χ1) is 9.34. The van der Waals surface area contributed by atoms with Gasteiger partial charge in [0.2, 0.25) is 0 Å². The second-order valence-electron chi connectivity index (χ2n) is 4.09. The lowest BCUT2D eigenvalue weighted by molar-refractivity contribution is 1.21. The van der Waals surface area contributed by atoms with Crippen molar-refractivity contribution < 1.29 is 0 Å². The van der Waals surface area contributed by atoms with E-state index in [-0.39, 0.29) is 0 Å². The van der Waals surface area contributed by atoms with Crippen LogP contribution < -0.4 is 5.73 Å². The average Bonchev–Trinajstić information content (AvgIpc) is 2.49. The van der Waals surface area contributed by atoms with Crippen LogP contribution >= 0.6 is 0 Å². The van der Waals surface area contributed by atoms with Crippen LogP contribution in [-0.4, -0.2) is 15.0 Å². The van der Waals surface area contributed by atoms with Gasteiger partial charge in [-0.25, -0.2) is 9.97 Å². The summed E-state index contributed by atoms with van der Waals surface area (Å²) in [6.07, 6.45) is 5.14. The summed E-state index contributed by atoms with van der Waals surface area (Å²) in [4.78, 5) is 12.8. The maximum Gasteiger partial charge on any atom is 0.150 e. The van der Waals surface area contributed by atoms with Crippen LogP contribution in [0.2, 0.25) is 0 Å². The van der Waals surface area contributed by atoms with Crippen molar-refractivity contribution in [2.45, 2.75) is 0 Å². The van der Waals surface area contributed by atoms with E-state index >= 15 is 0 Å². The van der Waals surface area contributed by atoms with Gasteiger partial charge in [0, 0.05) is 23.5 Å². The molecule has 2 aromatic heterocycles. The van der Waals surface area contributed by atoms with Crippen molar-refractivity contribution in [2.75, 3.05) is 5.73 Å². The number of anilines is 1. The van der Waals surface area contributed by atoms with Crippen LogP contribution in [0.25, 0.3) is 22.5 Å². The summed E-state index contributed by atoms with van der Waals surface area (Å²) in [6.45, 7) is 0. The molecule has 0 saturated carbocycles. The second kappa shape index (κ2) is 4.86. The van der Waals surface area contributed by atoms with Crippen LogP contribution in [0, 0.1) is 0 Å². The van der Waals surface area contributed by atoms with Crippen LogP contribution in [0.3, 0.4) is 0 Å². The largest absolute Gasteiger partial charge is 0.382 e. The lowest BCUT2D eigenvalue weighted by Gasteiger charge is -2.07. The Morgan fingerprint density at radius 2 is 1.58 bits per heavy atom. The molecule has 0 aliphatic heterocycles. The summed E-state index contributed by atoms with van der Waals surface area (Å²) < 4.78 is 0. The van der Waals surface area contributed by atoms with Gasteiger partial charge < -0.3 is 5.73 Å². The molecule has 0 saturated heterocycles. The average molecular weight is 248 g/mol. The zero-order valence-electron chi connectivity index (χ0n) is 10.2. The van der Waals surface area contributed by atoms with Gasteiger partial charge in [-0.3, -0.25) is 4.98 Å². The maximum absolute atomic E-state index is 5.91. The summed E-state index contributed by atoms with van der Waals surface area (Å²) >= 11 is 0. The van der Waals surface area contributed by atoms with E-state index in [1.807, 2.05) is 42.5 Å². The zero-order chi connectivity index (χ0) is 13.1. The van der Waals surface area contributed by atoms with E-state index in [9.17, 15) is 0 Å². The predicted molar refractivity (Wildman–Crippen MR) is 75.1 cm³/mol. The zero-order valence-corrected chi connectivity index (χ0v) is 10.2. The van der Waals surface area contributed by atoms with Gasteiger partial charge in [0.15, 0.2) is 0 Å². The summed E-state index contributed by atoms with van der Waals surface area (Å²) in [7, 11) is 0. The SMILES string of the molecule is Nc1ncc(-c2ccncc2)nc1-c1ccccc1. The summed E-state index contributed by atoms with van der Waals surface area (Å²) in [6, 6.07) is 13.6. The van der Waals surface area contributed by atoms with E-state index in [0.717, 1.165) is 16.8 Å². The van der Waals surface area contributed by atoms with Crippen molar-refractivity contribution in [3.63, 3.8) is 0 Å². The fourth-order valence-electron chi connectivity index (χ4n) is 1.87. The molecule has 3 aromatic rings. The number of nitrogens with two attached hydrogens (primary N) is 1. The van der Waals surface area contributed by atoms with E-state index in [1.165, 1.54) is 0 Å². The number of hydrogen-bond acceptors (Lipinski definition) is 4. The van der Waals surface area contributed by atoms with Crippen molar-refractivity contribution >= 4 is 5.82 Å². The summed E-state index contributed by atoms with van der Waals surface area (Å²) in [5, 5.41) is 0. The van der Waals surface area contributed by atoms with Gasteiger partial charge in [0.1, 0.15) is 11.5 Å². The number of nitrogen functional groups attached to an aromatic ring is 1. The molecule has 0 aliphatic carbocycles. The Labute approximate surface area is 111 Å². The van der Waals surface area contributed by atoms with Crippen LogP contribution in [0.4, 0.5) is 5.82 Å². The van der Waals surface area contributed by atoms with Crippen molar-refractivity contribution in [2.24, 2.45) is 0 Å². The van der Waals surface area contributed by atoms with Gasteiger partial charge >= 0.3 is 0 Å². The Kier molecular flexibility index (Phi) is 2.90. The molecular formula is C15H12N4. The Morgan fingerprint density at radius 1 is 0.842 bits per heavy atom. The highest BCUT2D eigenvalue weighted by molar-refractivity contribution is 5.72. The number of nitrogens with zero attached hydrogens (tertiary/aromatic N) is 3. The quantitative estimate of drug-likeness (QED) is 0.757. The number of benzene rings is 1. The van der Waals surface area contributed by atoms with Gasteiger partial charge in [-0.15, -0.1) is 0 Å². The monoisotopic (exact) mass is 248 g/mol. The number of rotatable bonds is 2. The molecular weight excluding hydrogens is 236 g/mol. The van der Waals surface area contributed by atoms with Crippen LogP contribution in [-0.2, 0) is 0 Å². The minimum absolute atomic E-state index is 0.434. The summed E-state index contributed by atoms with van der Waals surface area (Å²) in [5.74, 6) is 0.434. The molecule has 0 spiro atoms. The maximum atomic E-state index is 5.91. The Balaban J connectivity index is 2.12. The van der Waals surface area contributed by atoms with E-state index < -0.39 is 0 Å². The van der Waals surface area contributed by atoms with Crippen LogP contribution in [0.15, 0.2) is 61.1 Å². The van der Waals surface area contributed by atoms with E-state index in [4.69, 9.17) is 5.73 Å². The molecule has 4 nitrogen and oxygen atoms in total. The van der Waals surface area contributed by atoms with E-state index in [2.05, 4.69) is 15.0 Å². The van der Waals surface area contributed by atoms with Crippen molar-refractivity contribution in [1.29, 1.82) is 0 Å². The van der Waals surface area contributed by atoms with Crippen molar-refractivity contribution in [1.82, 2.24) is 15.0 Å². The Morgan fingerprint density at radius 3 is 2.32 bits per heavy atom. The molecule has 1 aromatic carbocycles. The molecule has 2 heterocycles. The van der Waals surface area contributed by atoms with Gasteiger partial charge in [0.05, 0.1) is 11.9 Å². The molecule has 0 atom stereocenters. The number of pyridine rings is 1. The normalized spacial score (nSPS) is 10.3. The van der Waals surface area contributed by atoms with Crippen LogP contribution in [0.5, 0.6) is 0 Å². The molecule has 19 heavy (non-hydrogen) atoms. The fraction of sp³-hybridized carbons (Fsp3) is 0. The van der Waals surface area contributed by atoms with E-state index in [1.54, 1.807) is 18.6 Å². The summed E-state index contributed by atoms with van der Waals surface area (Å²) in [5.41, 5.74) is 9.34. The van der Waals surface area contributed by atoms with Crippen molar-refractivity contribution in [3.05, 3.63) is 61.1 Å². The third-order valence-electron chi connectivity index (χ3n) is 2.82. The minimum Gasteiger partial charge on any atom is -0.382 e. The Bertz CT molecular complexity index is 681.